The molecular weight excluding hydrogens is 244 g/mol. The largest absolute Gasteiger partial charge is 0.224 e. The summed E-state index contributed by atoms with van der Waals surface area (Å²) in [5, 5.41) is 0. The van der Waals surface area contributed by atoms with Crippen LogP contribution in [0.5, 0.6) is 0 Å². The molecule has 2 aromatic rings. The first-order valence-corrected chi connectivity index (χ1v) is 7.27. The molecular formula is C15H12O2S. The predicted octanol–water partition coefficient (Wildman–Crippen LogP) is 2.74. The van der Waals surface area contributed by atoms with Crippen LogP contribution in [0.2, 0.25) is 0 Å². The average Bonchev–Trinajstić information content (AvgIpc) is 2.38. The first-order chi connectivity index (χ1) is 8.52. The molecule has 0 saturated heterocycles. The maximum Gasteiger partial charge on any atom is 0.175 e. The van der Waals surface area contributed by atoms with Gasteiger partial charge < -0.3 is 0 Å². The Morgan fingerprint density at radius 1 is 1.00 bits per heavy atom. The van der Waals surface area contributed by atoms with Gasteiger partial charge in [-0.1, -0.05) is 36.3 Å². The molecule has 0 aromatic heterocycles. The topological polar surface area (TPSA) is 34.1 Å². The minimum Gasteiger partial charge on any atom is -0.224 e. The molecule has 2 aromatic carbocycles. The van der Waals surface area contributed by atoms with Crippen LogP contribution in [0.15, 0.2) is 53.4 Å². The van der Waals surface area contributed by atoms with Crippen molar-refractivity contribution in [1.82, 2.24) is 0 Å². The maximum atomic E-state index is 11.4. The molecule has 0 radical (unpaired) electrons. The van der Waals surface area contributed by atoms with E-state index in [2.05, 4.69) is 5.92 Å². The molecule has 0 fully saturated rings. The number of hydrogen-bond acceptors (Lipinski definition) is 2. The predicted molar refractivity (Wildman–Crippen MR) is 72.9 cm³/mol. The number of benzene rings is 2. The third kappa shape index (κ3) is 2.44. The van der Waals surface area contributed by atoms with Gasteiger partial charge >= 0.3 is 0 Å². The highest BCUT2D eigenvalue weighted by Gasteiger charge is 2.08. The van der Waals surface area contributed by atoms with Crippen molar-refractivity contribution in [2.24, 2.45) is 0 Å². The van der Waals surface area contributed by atoms with Crippen LogP contribution in [0, 0.1) is 12.3 Å². The summed E-state index contributed by atoms with van der Waals surface area (Å²) in [6, 6.07) is 14.3. The van der Waals surface area contributed by atoms with E-state index < -0.39 is 9.84 Å². The molecule has 0 aliphatic heterocycles. The van der Waals surface area contributed by atoms with E-state index in [1.807, 2.05) is 24.3 Å². The highest BCUT2D eigenvalue weighted by Crippen LogP contribution is 2.24. The maximum absolute atomic E-state index is 11.4. The van der Waals surface area contributed by atoms with Gasteiger partial charge in [-0.15, -0.1) is 6.42 Å². The Morgan fingerprint density at radius 3 is 2.17 bits per heavy atom. The lowest BCUT2D eigenvalue weighted by atomic mass is 10.0. The standard InChI is InChI=1S/C15H12O2S/c1-3-12-6-4-5-7-15(12)13-8-10-14(11-9-13)18(2,16)17/h1,4-11H,2H3. The summed E-state index contributed by atoms with van der Waals surface area (Å²) in [5.41, 5.74) is 2.64. The molecule has 0 spiro atoms. The monoisotopic (exact) mass is 256 g/mol. The smallest absolute Gasteiger partial charge is 0.175 e. The molecule has 0 unspecified atom stereocenters. The fourth-order valence-corrected chi connectivity index (χ4v) is 2.37. The van der Waals surface area contributed by atoms with Gasteiger partial charge in [-0.3, -0.25) is 0 Å². The number of rotatable bonds is 2. The van der Waals surface area contributed by atoms with Crippen LogP contribution in [-0.2, 0) is 9.84 Å². The second kappa shape index (κ2) is 4.67. The summed E-state index contributed by atoms with van der Waals surface area (Å²) < 4.78 is 22.7. The number of terminal acetylenes is 1. The van der Waals surface area contributed by atoms with Gasteiger partial charge in [-0.05, 0) is 29.3 Å². The van der Waals surface area contributed by atoms with Crippen LogP contribution >= 0.6 is 0 Å². The fourth-order valence-electron chi connectivity index (χ4n) is 1.74. The van der Waals surface area contributed by atoms with Gasteiger partial charge in [0, 0.05) is 11.8 Å². The summed E-state index contributed by atoms with van der Waals surface area (Å²) in [7, 11) is -3.16. The molecule has 2 rings (SSSR count). The van der Waals surface area contributed by atoms with E-state index in [0.717, 1.165) is 16.7 Å². The lowest BCUT2D eigenvalue weighted by Gasteiger charge is -2.05. The molecule has 0 bridgehead atoms. The lowest BCUT2D eigenvalue weighted by Crippen LogP contribution is -1.96. The van der Waals surface area contributed by atoms with Gasteiger partial charge in [0.1, 0.15) is 0 Å². The van der Waals surface area contributed by atoms with Crippen molar-refractivity contribution in [2.75, 3.05) is 6.26 Å². The summed E-state index contributed by atoms with van der Waals surface area (Å²) >= 11 is 0. The third-order valence-corrected chi connectivity index (χ3v) is 3.80. The van der Waals surface area contributed by atoms with E-state index in [1.165, 1.54) is 6.26 Å². The zero-order chi connectivity index (χ0) is 13.2. The van der Waals surface area contributed by atoms with E-state index in [9.17, 15) is 8.42 Å². The summed E-state index contributed by atoms with van der Waals surface area (Å²) in [6.45, 7) is 0. The van der Waals surface area contributed by atoms with Crippen LogP contribution in [0.1, 0.15) is 5.56 Å². The molecule has 0 atom stereocenters. The van der Waals surface area contributed by atoms with Crippen molar-refractivity contribution in [3.63, 3.8) is 0 Å². The molecule has 0 aliphatic carbocycles. The minimum absolute atomic E-state index is 0.310. The van der Waals surface area contributed by atoms with E-state index in [1.54, 1.807) is 24.3 Å². The Kier molecular flexibility index (Phi) is 3.22. The average molecular weight is 256 g/mol. The van der Waals surface area contributed by atoms with Crippen molar-refractivity contribution in [3.8, 4) is 23.5 Å². The minimum atomic E-state index is -3.16. The van der Waals surface area contributed by atoms with Crippen LogP contribution < -0.4 is 0 Å². The first-order valence-electron chi connectivity index (χ1n) is 5.38. The van der Waals surface area contributed by atoms with Crippen LogP contribution in [0.25, 0.3) is 11.1 Å². The van der Waals surface area contributed by atoms with Crippen LogP contribution in [0.4, 0.5) is 0 Å². The Labute approximate surface area is 107 Å². The molecule has 2 nitrogen and oxygen atoms in total. The molecule has 3 heteroatoms. The molecule has 0 N–H and O–H groups in total. The zero-order valence-electron chi connectivity index (χ0n) is 9.92. The van der Waals surface area contributed by atoms with Gasteiger partial charge in [0.15, 0.2) is 9.84 Å². The van der Waals surface area contributed by atoms with Crippen molar-refractivity contribution < 1.29 is 8.42 Å². The second-order valence-corrected chi connectivity index (χ2v) is 6.00. The lowest BCUT2D eigenvalue weighted by molar-refractivity contribution is 0.602. The highest BCUT2D eigenvalue weighted by atomic mass is 32.2. The van der Waals surface area contributed by atoms with E-state index in [0.29, 0.717) is 4.90 Å². The molecule has 90 valence electrons. The summed E-state index contributed by atoms with van der Waals surface area (Å²) in [5.74, 6) is 2.62. The molecule has 0 heterocycles. The second-order valence-electron chi connectivity index (χ2n) is 3.99. The van der Waals surface area contributed by atoms with Gasteiger partial charge in [0.25, 0.3) is 0 Å². The van der Waals surface area contributed by atoms with Crippen molar-refractivity contribution in [2.45, 2.75) is 4.90 Å². The van der Waals surface area contributed by atoms with Gasteiger partial charge in [-0.2, -0.15) is 0 Å². The fraction of sp³-hybridized carbons (Fsp3) is 0.0667. The normalized spacial score (nSPS) is 10.9. The van der Waals surface area contributed by atoms with Crippen molar-refractivity contribution in [1.29, 1.82) is 0 Å². The van der Waals surface area contributed by atoms with Crippen LogP contribution in [-0.4, -0.2) is 14.7 Å². The number of sulfone groups is 1. The quantitative estimate of drug-likeness (QED) is 0.774. The first kappa shape index (κ1) is 12.4. The van der Waals surface area contributed by atoms with Crippen molar-refractivity contribution >= 4 is 9.84 Å². The van der Waals surface area contributed by atoms with E-state index in [4.69, 9.17) is 6.42 Å². The van der Waals surface area contributed by atoms with Crippen LogP contribution in [0.3, 0.4) is 0 Å². The van der Waals surface area contributed by atoms with Gasteiger partial charge in [0.2, 0.25) is 0 Å². The van der Waals surface area contributed by atoms with Gasteiger partial charge in [0.05, 0.1) is 4.90 Å². The summed E-state index contributed by atoms with van der Waals surface area (Å²) in [4.78, 5) is 0.310. The highest BCUT2D eigenvalue weighted by molar-refractivity contribution is 7.90. The zero-order valence-corrected chi connectivity index (χ0v) is 10.7. The summed E-state index contributed by atoms with van der Waals surface area (Å²) in [6.07, 6.45) is 6.63. The third-order valence-electron chi connectivity index (χ3n) is 2.68. The van der Waals surface area contributed by atoms with Gasteiger partial charge in [-0.25, -0.2) is 8.42 Å². The number of hydrogen-bond donors (Lipinski definition) is 0. The Hall–Kier alpha value is -2.05. The Balaban J connectivity index is 2.51. The van der Waals surface area contributed by atoms with E-state index >= 15 is 0 Å². The SMILES string of the molecule is C#Cc1ccccc1-c1ccc(S(C)(=O)=O)cc1. The van der Waals surface area contributed by atoms with E-state index in [-0.39, 0.29) is 0 Å². The molecule has 0 aliphatic rings. The Morgan fingerprint density at radius 2 is 1.61 bits per heavy atom. The molecule has 0 saturated carbocycles. The molecule has 18 heavy (non-hydrogen) atoms. The Bertz CT molecular complexity index is 705. The molecule has 0 amide bonds. The van der Waals surface area contributed by atoms with Crippen molar-refractivity contribution in [3.05, 3.63) is 54.1 Å².